The number of nitrogens with one attached hydrogen (secondary N) is 1. The number of rotatable bonds is 4. The van der Waals surface area contributed by atoms with Crippen molar-refractivity contribution in [1.29, 1.82) is 5.26 Å². The molecular weight excluding hydrogens is 286 g/mol. The lowest BCUT2D eigenvalue weighted by atomic mass is 10.1. The van der Waals surface area contributed by atoms with Crippen LogP contribution < -0.4 is 5.32 Å². The molecule has 0 atom stereocenters. The SMILES string of the molecule is Cc1cc(CNc2ccc(C#N)nc2)ccc1S(C)(=O)=O. The lowest BCUT2D eigenvalue weighted by Crippen LogP contribution is -2.04. The number of aryl methyl sites for hydroxylation is 1. The Bertz CT molecular complexity index is 791. The Morgan fingerprint density at radius 3 is 2.57 bits per heavy atom. The number of sulfone groups is 1. The van der Waals surface area contributed by atoms with Crippen LogP contribution in [0.15, 0.2) is 41.4 Å². The van der Waals surface area contributed by atoms with Gasteiger partial charge in [-0.15, -0.1) is 0 Å². The molecule has 0 radical (unpaired) electrons. The molecular formula is C15H15N3O2S. The molecule has 0 saturated heterocycles. The molecule has 0 aliphatic rings. The summed E-state index contributed by atoms with van der Waals surface area (Å²) in [4.78, 5) is 4.32. The third-order valence-electron chi connectivity index (χ3n) is 3.01. The Hall–Kier alpha value is -2.39. The van der Waals surface area contributed by atoms with E-state index in [1.807, 2.05) is 12.1 Å². The maximum Gasteiger partial charge on any atom is 0.175 e. The summed E-state index contributed by atoms with van der Waals surface area (Å²) >= 11 is 0. The minimum atomic E-state index is -3.19. The van der Waals surface area contributed by atoms with Crippen LogP contribution in [-0.4, -0.2) is 19.7 Å². The van der Waals surface area contributed by atoms with Gasteiger partial charge in [-0.05, 0) is 36.2 Å². The van der Waals surface area contributed by atoms with Crippen molar-refractivity contribution >= 4 is 15.5 Å². The number of anilines is 1. The maximum absolute atomic E-state index is 11.6. The van der Waals surface area contributed by atoms with E-state index in [9.17, 15) is 8.42 Å². The molecule has 0 fully saturated rings. The molecule has 0 spiro atoms. The zero-order valence-corrected chi connectivity index (χ0v) is 12.6. The summed E-state index contributed by atoms with van der Waals surface area (Å²) in [6.07, 6.45) is 2.80. The third kappa shape index (κ3) is 3.80. The van der Waals surface area contributed by atoms with Crippen molar-refractivity contribution in [1.82, 2.24) is 4.98 Å². The molecule has 108 valence electrons. The topological polar surface area (TPSA) is 82.8 Å². The maximum atomic E-state index is 11.6. The van der Waals surface area contributed by atoms with Crippen molar-refractivity contribution in [3.8, 4) is 6.07 Å². The van der Waals surface area contributed by atoms with Crippen molar-refractivity contribution < 1.29 is 8.42 Å². The zero-order valence-electron chi connectivity index (χ0n) is 11.8. The Kier molecular flexibility index (Phi) is 4.24. The fraction of sp³-hybridized carbons (Fsp3) is 0.200. The lowest BCUT2D eigenvalue weighted by Gasteiger charge is -2.09. The smallest absolute Gasteiger partial charge is 0.175 e. The fourth-order valence-corrected chi connectivity index (χ4v) is 2.97. The van der Waals surface area contributed by atoms with Crippen LogP contribution in [0.5, 0.6) is 0 Å². The molecule has 21 heavy (non-hydrogen) atoms. The Morgan fingerprint density at radius 1 is 1.29 bits per heavy atom. The Labute approximate surface area is 124 Å². The van der Waals surface area contributed by atoms with Gasteiger partial charge in [0.2, 0.25) is 0 Å². The standard InChI is InChI=1S/C15H15N3O2S/c1-11-7-12(3-6-15(11)21(2,19)20)9-17-14-5-4-13(8-16)18-10-14/h3-7,10,17H,9H2,1-2H3. The monoisotopic (exact) mass is 301 g/mol. The van der Waals surface area contributed by atoms with Crippen molar-refractivity contribution in [2.75, 3.05) is 11.6 Å². The van der Waals surface area contributed by atoms with Crippen molar-refractivity contribution in [2.24, 2.45) is 0 Å². The zero-order chi connectivity index (χ0) is 15.5. The van der Waals surface area contributed by atoms with Crippen molar-refractivity contribution in [3.05, 3.63) is 53.3 Å². The van der Waals surface area contributed by atoms with E-state index in [1.54, 1.807) is 37.4 Å². The molecule has 2 rings (SSSR count). The van der Waals surface area contributed by atoms with E-state index >= 15 is 0 Å². The second-order valence-electron chi connectivity index (χ2n) is 4.77. The second kappa shape index (κ2) is 5.94. The van der Waals surface area contributed by atoms with Crippen LogP contribution in [0.2, 0.25) is 0 Å². The van der Waals surface area contributed by atoms with Crippen LogP contribution >= 0.6 is 0 Å². The third-order valence-corrected chi connectivity index (χ3v) is 4.27. The van der Waals surface area contributed by atoms with Gasteiger partial charge in [0, 0.05) is 12.8 Å². The molecule has 0 bridgehead atoms. The van der Waals surface area contributed by atoms with Crippen LogP contribution in [-0.2, 0) is 16.4 Å². The van der Waals surface area contributed by atoms with E-state index in [1.165, 1.54) is 6.26 Å². The molecule has 2 aromatic rings. The number of hydrogen-bond acceptors (Lipinski definition) is 5. The summed E-state index contributed by atoms with van der Waals surface area (Å²) in [7, 11) is -3.19. The lowest BCUT2D eigenvalue weighted by molar-refractivity contribution is 0.601. The van der Waals surface area contributed by atoms with Gasteiger partial charge >= 0.3 is 0 Å². The molecule has 1 N–H and O–H groups in total. The molecule has 5 nitrogen and oxygen atoms in total. The van der Waals surface area contributed by atoms with E-state index in [4.69, 9.17) is 5.26 Å². The van der Waals surface area contributed by atoms with Gasteiger partial charge in [0.05, 0.1) is 16.8 Å². The minimum Gasteiger partial charge on any atom is -0.380 e. The largest absolute Gasteiger partial charge is 0.380 e. The van der Waals surface area contributed by atoms with Crippen LogP contribution in [0, 0.1) is 18.3 Å². The summed E-state index contributed by atoms with van der Waals surface area (Å²) in [5.74, 6) is 0. The number of nitriles is 1. The Morgan fingerprint density at radius 2 is 2.05 bits per heavy atom. The van der Waals surface area contributed by atoms with Gasteiger partial charge in [0.1, 0.15) is 11.8 Å². The highest BCUT2D eigenvalue weighted by Crippen LogP contribution is 2.17. The molecule has 1 aromatic heterocycles. The first-order valence-electron chi connectivity index (χ1n) is 6.30. The molecule has 0 unspecified atom stereocenters. The quantitative estimate of drug-likeness (QED) is 0.936. The normalized spacial score (nSPS) is 10.9. The highest BCUT2D eigenvalue weighted by Gasteiger charge is 2.10. The predicted molar refractivity (Wildman–Crippen MR) is 80.6 cm³/mol. The molecule has 1 aromatic carbocycles. The first kappa shape index (κ1) is 15.0. The average molecular weight is 301 g/mol. The molecule has 0 aliphatic heterocycles. The number of aromatic nitrogens is 1. The molecule has 1 heterocycles. The fourth-order valence-electron chi connectivity index (χ4n) is 2.01. The summed E-state index contributed by atoms with van der Waals surface area (Å²) in [5, 5.41) is 11.9. The van der Waals surface area contributed by atoms with Gasteiger partial charge in [-0.25, -0.2) is 13.4 Å². The minimum absolute atomic E-state index is 0.353. The first-order valence-corrected chi connectivity index (χ1v) is 8.19. The van der Waals surface area contributed by atoms with Crippen molar-refractivity contribution in [2.45, 2.75) is 18.4 Å². The summed E-state index contributed by atoms with van der Waals surface area (Å²) in [6, 6.07) is 10.6. The van der Waals surface area contributed by atoms with E-state index in [2.05, 4.69) is 10.3 Å². The van der Waals surface area contributed by atoms with E-state index < -0.39 is 9.84 Å². The summed E-state index contributed by atoms with van der Waals surface area (Å²) < 4.78 is 23.1. The van der Waals surface area contributed by atoms with Crippen LogP contribution in [0.3, 0.4) is 0 Å². The number of nitrogens with zero attached hydrogens (tertiary/aromatic N) is 2. The van der Waals surface area contributed by atoms with E-state index in [0.717, 1.165) is 16.8 Å². The molecule has 0 amide bonds. The van der Waals surface area contributed by atoms with Crippen molar-refractivity contribution in [3.63, 3.8) is 0 Å². The predicted octanol–water partition coefficient (Wildman–Crippen LogP) is 2.28. The van der Waals surface area contributed by atoms with E-state index in [-0.39, 0.29) is 0 Å². The number of hydrogen-bond donors (Lipinski definition) is 1. The van der Waals surface area contributed by atoms with Gasteiger partial charge in [-0.3, -0.25) is 0 Å². The average Bonchev–Trinajstić information content (AvgIpc) is 2.44. The molecule has 6 heteroatoms. The molecule has 0 saturated carbocycles. The highest BCUT2D eigenvalue weighted by atomic mass is 32.2. The molecule has 0 aliphatic carbocycles. The first-order chi connectivity index (χ1) is 9.90. The van der Waals surface area contributed by atoms with Gasteiger partial charge in [-0.1, -0.05) is 12.1 Å². The van der Waals surface area contributed by atoms with Crippen LogP contribution in [0.1, 0.15) is 16.8 Å². The second-order valence-corrected chi connectivity index (χ2v) is 6.75. The van der Waals surface area contributed by atoms with Gasteiger partial charge in [-0.2, -0.15) is 5.26 Å². The van der Waals surface area contributed by atoms with Gasteiger partial charge in [0.25, 0.3) is 0 Å². The van der Waals surface area contributed by atoms with Gasteiger partial charge < -0.3 is 5.32 Å². The van der Waals surface area contributed by atoms with Crippen LogP contribution in [0.4, 0.5) is 5.69 Å². The number of benzene rings is 1. The number of pyridine rings is 1. The Balaban J connectivity index is 2.10. The van der Waals surface area contributed by atoms with Gasteiger partial charge in [0.15, 0.2) is 9.84 Å². The van der Waals surface area contributed by atoms with Crippen LogP contribution in [0.25, 0.3) is 0 Å². The summed E-state index contributed by atoms with van der Waals surface area (Å²) in [5.41, 5.74) is 2.88. The van der Waals surface area contributed by atoms with E-state index in [0.29, 0.717) is 17.1 Å². The highest BCUT2D eigenvalue weighted by molar-refractivity contribution is 7.90. The summed E-state index contributed by atoms with van der Waals surface area (Å²) in [6.45, 7) is 2.33.